The molecule has 4 aromatic rings. The van der Waals surface area contributed by atoms with Gasteiger partial charge >= 0.3 is 0 Å². The van der Waals surface area contributed by atoms with Gasteiger partial charge in [-0.3, -0.25) is 14.7 Å². The van der Waals surface area contributed by atoms with Gasteiger partial charge in [0.1, 0.15) is 0 Å². The van der Waals surface area contributed by atoms with Crippen LogP contribution in [-0.4, -0.2) is 28.8 Å². The Balaban J connectivity index is 1.13. The number of likely N-dealkylation sites (tertiary alicyclic amines) is 1. The van der Waals surface area contributed by atoms with Crippen molar-refractivity contribution >= 4 is 22.4 Å². The zero-order valence-corrected chi connectivity index (χ0v) is 22.1. The average Bonchev–Trinajstić information content (AvgIpc) is 2.97. The van der Waals surface area contributed by atoms with Crippen molar-refractivity contribution in [3.8, 4) is 0 Å². The van der Waals surface area contributed by atoms with Crippen LogP contribution in [-0.2, 0) is 19.5 Å². The molecule has 2 aliphatic rings. The van der Waals surface area contributed by atoms with Crippen molar-refractivity contribution in [2.75, 3.05) is 18.4 Å². The molecule has 0 bridgehead atoms. The second kappa shape index (κ2) is 11.5. The monoisotopic (exact) mass is 503 g/mol. The maximum absolute atomic E-state index is 13.9. The molecule has 1 aromatic heterocycles. The molecule has 0 saturated carbocycles. The lowest BCUT2D eigenvalue weighted by atomic mass is 9.79. The quantitative estimate of drug-likeness (QED) is 0.274. The van der Waals surface area contributed by atoms with Crippen LogP contribution in [0.1, 0.15) is 59.3 Å². The number of carbonyl (C=O) groups excluding carboxylic acids is 1. The molecular weight excluding hydrogens is 466 g/mol. The molecule has 1 aliphatic heterocycles. The van der Waals surface area contributed by atoms with E-state index in [2.05, 4.69) is 76.9 Å². The van der Waals surface area contributed by atoms with Gasteiger partial charge in [-0.2, -0.15) is 0 Å². The Hall–Kier alpha value is -3.50. The molecule has 1 atom stereocenters. The Labute approximate surface area is 226 Å². The molecule has 1 aliphatic carbocycles. The lowest BCUT2D eigenvalue weighted by molar-refractivity contribution is 0.0881. The lowest BCUT2D eigenvalue weighted by Gasteiger charge is -2.33. The number of nitrogens with zero attached hydrogens (tertiary/aromatic N) is 2. The molecule has 1 N–H and O–H groups in total. The number of para-hydroxylation sites is 1. The van der Waals surface area contributed by atoms with E-state index in [0.29, 0.717) is 12.3 Å². The summed E-state index contributed by atoms with van der Waals surface area (Å²) in [5.74, 6) is 1.12. The van der Waals surface area contributed by atoms with Gasteiger partial charge in [-0.05, 0) is 74.7 Å². The highest BCUT2D eigenvalue weighted by Gasteiger charge is 2.32. The van der Waals surface area contributed by atoms with Crippen LogP contribution in [0.4, 0.5) is 5.69 Å². The van der Waals surface area contributed by atoms with Crippen molar-refractivity contribution in [3.63, 3.8) is 0 Å². The van der Waals surface area contributed by atoms with E-state index in [4.69, 9.17) is 4.98 Å². The van der Waals surface area contributed by atoms with E-state index >= 15 is 0 Å². The van der Waals surface area contributed by atoms with Crippen LogP contribution in [0.3, 0.4) is 0 Å². The minimum atomic E-state index is 0.102. The fourth-order valence-corrected chi connectivity index (χ4v) is 6.31. The molecule has 0 radical (unpaired) electrons. The van der Waals surface area contributed by atoms with Crippen LogP contribution in [0.2, 0.25) is 0 Å². The van der Waals surface area contributed by atoms with Crippen LogP contribution in [0, 0.1) is 11.8 Å². The molecule has 0 amide bonds. The summed E-state index contributed by atoms with van der Waals surface area (Å²) in [7, 11) is 0. The van der Waals surface area contributed by atoms with Gasteiger partial charge in [0.2, 0.25) is 0 Å². The zero-order valence-electron chi connectivity index (χ0n) is 22.1. The number of aryl methyl sites for hydroxylation is 1. The number of aromatic nitrogens is 1. The Bertz CT molecular complexity index is 1380. The number of hydrogen-bond acceptors (Lipinski definition) is 4. The number of ketones is 1. The van der Waals surface area contributed by atoms with Crippen molar-refractivity contribution in [2.24, 2.45) is 11.8 Å². The summed E-state index contributed by atoms with van der Waals surface area (Å²) < 4.78 is 0. The molecule has 1 unspecified atom stereocenters. The number of hydrogen-bond donors (Lipinski definition) is 1. The summed E-state index contributed by atoms with van der Waals surface area (Å²) in [5.41, 5.74) is 6.35. The number of carbonyl (C=O) groups is 1. The molecule has 4 nitrogen and oxygen atoms in total. The largest absolute Gasteiger partial charge is 0.380 e. The van der Waals surface area contributed by atoms with E-state index in [1.165, 1.54) is 24.0 Å². The van der Waals surface area contributed by atoms with Gasteiger partial charge in [0, 0.05) is 24.4 Å². The SMILES string of the molecule is O=C1c2c(nc3ccccc3c2NCc2ccccc2)CCC1CCC1CCN(Cc2ccccc2)CC1. The highest BCUT2D eigenvalue weighted by atomic mass is 16.1. The van der Waals surface area contributed by atoms with E-state index in [1.54, 1.807) is 0 Å². The van der Waals surface area contributed by atoms with Crippen LogP contribution in [0.25, 0.3) is 10.9 Å². The Morgan fingerprint density at radius 2 is 1.47 bits per heavy atom. The molecule has 4 heteroatoms. The van der Waals surface area contributed by atoms with Crippen molar-refractivity contribution in [1.82, 2.24) is 9.88 Å². The Morgan fingerprint density at radius 3 is 2.24 bits per heavy atom. The van der Waals surface area contributed by atoms with Gasteiger partial charge in [-0.15, -0.1) is 0 Å². The molecule has 3 aromatic carbocycles. The fraction of sp³-hybridized carbons (Fsp3) is 0.353. The second-order valence-electron chi connectivity index (χ2n) is 11.0. The van der Waals surface area contributed by atoms with Gasteiger partial charge in [-0.25, -0.2) is 0 Å². The molecule has 194 valence electrons. The van der Waals surface area contributed by atoms with Crippen molar-refractivity contribution in [1.29, 1.82) is 0 Å². The number of nitrogens with one attached hydrogen (secondary N) is 1. The number of rotatable bonds is 8. The molecule has 0 spiro atoms. The molecule has 1 fully saturated rings. The summed E-state index contributed by atoms with van der Waals surface area (Å²) >= 11 is 0. The molecule has 1 saturated heterocycles. The first kappa shape index (κ1) is 24.8. The predicted molar refractivity (Wildman–Crippen MR) is 155 cm³/mol. The van der Waals surface area contributed by atoms with E-state index in [9.17, 15) is 4.79 Å². The minimum absolute atomic E-state index is 0.102. The molecule has 2 heterocycles. The third-order valence-corrected chi connectivity index (χ3v) is 8.51. The summed E-state index contributed by atoms with van der Waals surface area (Å²) in [5, 5.41) is 4.69. The smallest absolute Gasteiger partial charge is 0.169 e. The number of Topliss-reactive ketones (excluding diaryl/α,β-unsaturated/α-hetero) is 1. The van der Waals surface area contributed by atoms with Gasteiger partial charge in [0.05, 0.1) is 22.5 Å². The van der Waals surface area contributed by atoms with Crippen molar-refractivity contribution in [2.45, 2.75) is 51.6 Å². The Kier molecular flexibility index (Phi) is 7.50. The molecule has 6 rings (SSSR count). The Morgan fingerprint density at radius 1 is 0.789 bits per heavy atom. The summed E-state index contributed by atoms with van der Waals surface area (Å²) in [6, 6.07) is 29.4. The first-order valence-corrected chi connectivity index (χ1v) is 14.2. The topological polar surface area (TPSA) is 45.2 Å². The van der Waals surface area contributed by atoms with Crippen LogP contribution in [0.5, 0.6) is 0 Å². The number of fused-ring (bicyclic) bond motifs is 2. The van der Waals surface area contributed by atoms with Gasteiger partial charge in [-0.1, -0.05) is 78.9 Å². The van der Waals surface area contributed by atoms with Crippen molar-refractivity contribution in [3.05, 3.63) is 107 Å². The standard InChI is InChI=1S/C34H37N3O/c38-34-28(16-15-25-19-21-37(22-20-25)24-27-11-5-2-6-12-27)17-18-31-32(34)33(29-13-7-8-14-30(29)36-31)35-23-26-9-3-1-4-10-26/h1-14,25,28H,15-24H2,(H,35,36). The van der Waals surface area contributed by atoms with E-state index in [-0.39, 0.29) is 5.92 Å². The average molecular weight is 504 g/mol. The van der Waals surface area contributed by atoms with Gasteiger partial charge < -0.3 is 5.32 Å². The third kappa shape index (κ3) is 5.51. The van der Waals surface area contributed by atoms with E-state index in [1.807, 2.05) is 18.2 Å². The maximum Gasteiger partial charge on any atom is 0.169 e. The highest BCUT2D eigenvalue weighted by Crippen LogP contribution is 2.38. The number of piperidine rings is 1. The molecule has 38 heavy (non-hydrogen) atoms. The third-order valence-electron chi connectivity index (χ3n) is 8.51. The summed E-state index contributed by atoms with van der Waals surface area (Å²) in [6.45, 7) is 4.06. The molecular formula is C34H37N3O. The van der Waals surface area contributed by atoms with E-state index in [0.717, 1.165) is 79.1 Å². The lowest BCUT2D eigenvalue weighted by Crippen LogP contribution is -2.33. The zero-order chi connectivity index (χ0) is 25.7. The van der Waals surface area contributed by atoms with Crippen molar-refractivity contribution < 1.29 is 4.79 Å². The fourth-order valence-electron chi connectivity index (χ4n) is 6.31. The number of benzene rings is 3. The first-order valence-electron chi connectivity index (χ1n) is 14.2. The van der Waals surface area contributed by atoms with Gasteiger partial charge in [0.15, 0.2) is 5.78 Å². The first-order chi connectivity index (χ1) is 18.7. The predicted octanol–water partition coefficient (Wildman–Crippen LogP) is 7.28. The van der Waals surface area contributed by atoms with E-state index < -0.39 is 0 Å². The number of pyridine rings is 1. The maximum atomic E-state index is 13.9. The van der Waals surface area contributed by atoms with Crippen LogP contribution < -0.4 is 5.32 Å². The van der Waals surface area contributed by atoms with Crippen LogP contribution >= 0.6 is 0 Å². The van der Waals surface area contributed by atoms with Gasteiger partial charge in [0.25, 0.3) is 0 Å². The summed E-state index contributed by atoms with van der Waals surface area (Å²) in [6.07, 6.45) is 6.42. The highest BCUT2D eigenvalue weighted by molar-refractivity contribution is 6.10. The second-order valence-corrected chi connectivity index (χ2v) is 11.0. The normalized spacial score (nSPS) is 18.4. The minimum Gasteiger partial charge on any atom is -0.380 e. The number of anilines is 1. The summed E-state index contributed by atoms with van der Waals surface area (Å²) in [4.78, 5) is 21.5. The van der Waals surface area contributed by atoms with Crippen LogP contribution in [0.15, 0.2) is 84.9 Å².